The van der Waals surface area contributed by atoms with E-state index < -0.39 is 0 Å². The number of nitrogens with one attached hydrogen (secondary N) is 2. The summed E-state index contributed by atoms with van der Waals surface area (Å²) >= 11 is 6.34. The standard InChI is InChI=1S/C21H21FN4S2.C21H19FN4S2/c2*1-3-26-7-5-13(12(26)2)19-8-14-16(4-6-23-21(14)28-19)25-17-10-18-20(9-15(17)22)27-11-24-18/h4,6,8-13H,3,5,7H2,1-2H3,(H,23,25);4-6,8-12H,3,7H2,1-2H3,(H,23,25). The number of anilines is 4. The number of benzene rings is 2. The monoisotopic (exact) mass is 822 g/mol. The van der Waals surface area contributed by atoms with Crippen molar-refractivity contribution in [3.8, 4) is 0 Å². The van der Waals surface area contributed by atoms with Gasteiger partial charge in [-0.1, -0.05) is 19.9 Å². The fraction of sp³-hybridized carbons (Fsp3) is 0.286. The molecule has 10 rings (SSSR count). The van der Waals surface area contributed by atoms with Crippen LogP contribution in [-0.2, 0) is 0 Å². The zero-order valence-electron chi connectivity index (χ0n) is 31.3. The molecule has 0 saturated carbocycles. The second kappa shape index (κ2) is 15.5. The van der Waals surface area contributed by atoms with Crippen LogP contribution in [0.15, 0.2) is 78.0 Å². The van der Waals surface area contributed by atoms with E-state index in [-0.39, 0.29) is 11.6 Å². The molecule has 8 aromatic rings. The first-order valence-corrected chi connectivity index (χ1v) is 22.2. The first-order chi connectivity index (χ1) is 27.3. The summed E-state index contributed by atoms with van der Waals surface area (Å²) in [6.07, 6.45) is 7.05. The second-order valence-corrected chi connectivity index (χ2v) is 18.0. The summed E-state index contributed by atoms with van der Waals surface area (Å²) in [5, 5.41) is 8.61. The Bertz CT molecular complexity index is 2730. The molecule has 0 aliphatic carbocycles. The topological polar surface area (TPSA) is 82.1 Å². The van der Waals surface area contributed by atoms with Gasteiger partial charge in [-0.05, 0) is 94.0 Å². The number of rotatable bonds is 8. The molecule has 3 atom stereocenters. The van der Waals surface area contributed by atoms with Gasteiger partial charge in [0.15, 0.2) is 0 Å². The number of nitrogens with zero attached hydrogens (tertiary/aromatic N) is 6. The van der Waals surface area contributed by atoms with Crippen LogP contribution in [0.4, 0.5) is 31.5 Å². The van der Waals surface area contributed by atoms with Crippen LogP contribution in [0.1, 0.15) is 49.8 Å². The molecular formula is C42H40F2N8S4. The average Bonchev–Trinajstić information content (AvgIpc) is 4.05. The van der Waals surface area contributed by atoms with E-state index in [0.717, 1.165) is 78.4 Å². The van der Waals surface area contributed by atoms with Crippen LogP contribution < -0.4 is 10.6 Å². The minimum absolute atomic E-state index is 0.264. The predicted octanol–water partition coefficient (Wildman–Crippen LogP) is 11.9. The lowest BCUT2D eigenvalue weighted by atomic mass is 9.99. The van der Waals surface area contributed by atoms with E-state index >= 15 is 0 Å². The van der Waals surface area contributed by atoms with E-state index in [4.69, 9.17) is 0 Å². The number of likely N-dealkylation sites (N-methyl/N-ethyl adjacent to an activating group) is 2. The Hall–Kier alpha value is -4.44. The van der Waals surface area contributed by atoms with E-state index in [1.54, 1.807) is 64.3 Å². The van der Waals surface area contributed by atoms with Crippen molar-refractivity contribution in [3.05, 3.63) is 99.4 Å². The molecule has 1 fully saturated rings. The van der Waals surface area contributed by atoms with Gasteiger partial charge < -0.3 is 15.5 Å². The summed E-state index contributed by atoms with van der Waals surface area (Å²) in [5.74, 6) is -0.00172. The lowest BCUT2D eigenvalue weighted by molar-refractivity contribution is 0.274. The molecule has 2 N–H and O–H groups in total. The van der Waals surface area contributed by atoms with Crippen LogP contribution in [0, 0.1) is 11.6 Å². The van der Waals surface area contributed by atoms with E-state index in [0.29, 0.717) is 29.4 Å². The van der Waals surface area contributed by atoms with E-state index in [1.807, 2.05) is 12.1 Å². The molecule has 0 spiro atoms. The Morgan fingerprint density at radius 1 is 0.714 bits per heavy atom. The summed E-state index contributed by atoms with van der Waals surface area (Å²) in [4.78, 5) is 27.2. The summed E-state index contributed by atoms with van der Waals surface area (Å²) in [7, 11) is 0. The van der Waals surface area contributed by atoms with Crippen LogP contribution in [0.2, 0.25) is 0 Å². The second-order valence-electron chi connectivity index (χ2n) is 14.2. The predicted molar refractivity (Wildman–Crippen MR) is 234 cm³/mol. The number of aromatic nitrogens is 4. The molecule has 2 aromatic carbocycles. The van der Waals surface area contributed by atoms with E-state index in [2.05, 4.69) is 86.3 Å². The quantitative estimate of drug-likeness (QED) is 0.157. The molecule has 0 bridgehead atoms. The average molecular weight is 823 g/mol. The first-order valence-electron chi connectivity index (χ1n) is 18.8. The fourth-order valence-corrected chi connectivity index (χ4v) is 11.7. The molecule has 1 saturated heterocycles. The molecular weight excluding hydrogens is 783 g/mol. The molecule has 0 amide bonds. The van der Waals surface area contributed by atoms with Gasteiger partial charge in [0.05, 0.1) is 54.2 Å². The number of likely N-dealkylation sites (tertiary alicyclic amines) is 1. The van der Waals surface area contributed by atoms with Crippen molar-refractivity contribution >= 4 is 115 Å². The smallest absolute Gasteiger partial charge is 0.148 e. The maximum absolute atomic E-state index is 14.6. The molecule has 6 aromatic heterocycles. The Kier molecular flexibility index (Phi) is 10.3. The number of halogens is 2. The van der Waals surface area contributed by atoms with Gasteiger partial charge in [0.25, 0.3) is 0 Å². The molecule has 8 heterocycles. The SMILES string of the molecule is CCN1CC=C(c2cc3c(Nc4cc5ncsc5cc4F)ccnc3s2)C1C.CCN1CCC(c2cc3c(Nc4cc5ncsc5cc4F)ccnc3s2)C1C. The molecule has 2 aliphatic rings. The van der Waals surface area contributed by atoms with Gasteiger partial charge in [-0.3, -0.25) is 4.90 Å². The molecule has 2 aliphatic heterocycles. The molecule has 286 valence electrons. The summed E-state index contributed by atoms with van der Waals surface area (Å²) in [5.41, 5.74) is 9.07. The zero-order chi connectivity index (χ0) is 38.5. The van der Waals surface area contributed by atoms with Crippen molar-refractivity contribution in [1.82, 2.24) is 29.7 Å². The third-order valence-electron chi connectivity index (χ3n) is 11.2. The van der Waals surface area contributed by atoms with Gasteiger partial charge >= 0.3 is 0 Å². The van der Waals surface area contributed by atoms with Crippen molar-refractivity contribution in [2.75, 3.05) is 36.8 Å². The number of thiophene rings is 2. The van der Waals surface area contributed by atoms with E-state index in [1.165, 1.54) is 50.5 Å². The number of thiazole rings is 2. The summed E-state index contributed by atoms with van der Waals surface area (Å²) in [6, 6.07) is 15.8. The lowest BCUT2D eigenvalue weighted by Gasteiger charge is -2.22. The Balaban J connectivity index is 0.000000146. The third kappa shape index (κ3) is 6.96. The van der Waals surface area contributed by atoms with Gasteiger partial charge in [0.1, 0.15) is 21.3 Å². The summed E-state index contributed by atoms with van der Waals surface area (Å²) < 4.78 is 30.8. The Labute approximate surface area is 339 Å². The molecule has 0 radical (unpaired) electrons. The van der Waals surface area contributed by atoms with Crippen molar-refractivity contribution in [2.45, 2.75) is 52.1 Å². The molecule has 56 heavy (non-hydrogen) atoms. The zero-order valence-corrected chi connectivity index (χ0v) is 34.6. The van der Waals surface area contributed by atoms with Crippen molar-refractivity contribution in [3.63, 3.8) is 0 Å². The van der Waals surface area contributed by atoms with E-state index in [9.17, 15) is 8.78 Å². The highest BCUT2D eigenvalue weighted by Crippen LogP contribution is 2.42. The minimum Gasteiger partial charge on any atom is -0.352 e. The number of hydrogen-bond acceptors (Lipinski definition) is 12. The first kappa shape index (κ1) is 37.2. The highest BCUT2D eigenvalue weighted by molar-refractivity contribution is 7.20. The summed E-state index contributed by atoms with van der Waals surface area (Å²) in [6.45, 7) is 13.2. The Morgan fingerprint density at radius 2 is 1.30 bits per heavy atom. The van der Waals surface area contributed by atoms with Gasteiger partial charge in [-0.2, -0.15) is 0 Å². The number of hydrogen-bond donors (Lipinski definition) is 2. The Morgan fingerprint density at radius 3 is 1.88 bits per heavy atom. The maximum Gasteiger partial charge on any atom is 0.148 e. The van der Waals surface area contributed by atoms with Gasteiger partial charge in [-0.15, -0.1) is 45.3 Å². The largest absolute Gasteiger partial charge is 0.352 e. The highest BCUT2D eigenvalue weighted by atomic mass is 32.1. The van der Waals surface area contributed by atoms with Gasteiger partial charge in [-0.25, -0.2) is 28.7 Å². The fourth-order valence-electron chi connectivity index (χ4n) is 7.96. The van der Waals surface area contributed by atoms with Crippen LogP contribution in [-0.4, -0.2) is 68.0 Å². The normalized spacial score (nSPS) is 19.0. The van der Waals surface area contributed by atoms with Gasteiger partial charge in [0, 0.05) is 57.5 Å². The molecule has 8 nitrogen and oxygen atoms in total. The minimum atomic E-state index is -0.275. The van der Waals surface area contributed by atoms with Crippen LogP contribution in [0.3, 0.4) is 0 Å². The highest BCUT2D eigenvalue weighted by Gasteiger charge is 2.32. The molecule has 14 heteroatoms. The van der Waals surface area contributed by atoms with Crippen LogP contribution >= 0.6 is 45.3 Å². The number of pyridine rings is 2. The van der Waals surface area contributed by atoms with Crippen molar-refractivity contribution in [1.29, 1.82) is 0 Å². The van der Waals surface area contributed by atoms with Crippen molar-refractivity contribution in [2.24, 2.45) is 0 Å². The maximum atomic E-state index is 14.6. The van der Waals surface area contributed by atoms with Crippen LogP contribution in [0.25, 0.3) is 46.4 Å². The molecule has 3 unspecified atom stereocenters. The van der Waals surface area contributed by atoms with Crippen molar-refractivity contribution < 1.29 is 8.78 Å². The lowest BCUT2D eigenvalue weighted by Crippen LogP contribution is -2.28. The number of fused-ring (bicyclic) bond motifs is 4. The van der Waals surface area contributed by atoms with Gasteiger partial charge in [0.2, 0.25) is 0 Å². The third-order valence-corrected chi connectivity index (χ3v) is 15.0. The van der Waals surface area contributed by atoms with Crippen LogP contribution in [0.5, 0.6) is 0 Å².